The third-order valence-electron chi connectivity index (χ3n) is 8.41. The largest absolute Gasteiger partial charge is 0.495 e. The Morgan fingerprint density at radius 2 is 1.39 bits per heavy atom. The second kappa shape index (κ2) is 10.3. The second-order valence-electron chi connectivity index (χ2n) is 11.0. The minimum Gasteiger partial charge on any atom is -0.495 e. The van der Waals surface area contributed by atoms with Crippen molar-refractivity contribution in [2.45, 2.75) is 31.7 Å². The molecule has 3 atom stereocenters. The van der Waals surface area contributed by atoms with Crippen LogP contribution in [0.2, 0.25) is 5.02 Å². The number of methoxy groups -OCH3 is 1. The van der Waals surface area contributed by atoms with E-state index in [0.717, 1.165) is 27.2 Å². The molecular formula is C32H29ClN2O6. The lowest BCUT2D eigenvalue weighted by Gasteiger charge is -2.45. The standard InChI is InChI=1S/C32H29ClN2O6/c1-16(2)29(32(39)41-15-24(36)34-22-14-17(33)12-13-23(22)40-3)35-30(37)27-25-18-8-4-5-9-19(18)26(28(27)31(35)38)21-11-7-6-10-20(21)25/h4-14,16,25-29H,15H2,1-3H3,(H,34,36)/t25?,26?,27-,28+,29-/m0/s1. The number of amides is 3. The molecule has 0 aromatic heterocycles. The lowest BCUT2D eigenvalue weighted by molar-refractivity contribution is -0.162. The van der Waals surface area contributed by atoms with Crippen molar-refractivity contribution in [3.05, 3.63) is 94.0 Å². The van der Waals surface area contributed by atoms with Crippen molar-refractivity contribution < 1.29 is 28.7 Å². The van der Waals surface area contributed by atoms with Gasteiger partial charge in [-0.1, -0.05) is 74.0 Å². The highest BCUT2D eigenvalue weighted by atomic mass is 35.5. The fraction of sp³-hybridized carbons (Fsp3) is 0.312. The van der Waals surface area contributed by atoms with E-state index in [1.165, 1.54) is 13.2 Å². The van der Waals surface area contributed by atoms with Crippen molar-refractivity contribution in [1.82, 2.24) is 4.90 Å². The summed E-state index contributed by atoms with van der Waals surface area (Å²) in [6.45, 7) is 2.90. The number of carbonyl (C=O) groups is 4. The Morgan fingerprint density at radius 3 is 1.85 bits per heavy atom. The lowest BCUT2D eigenvalue weighted by atomic mass is 9.55. The van der Waals surface area contributed by atoms with Gasteiger partial charge in [-0.05, 0) is 46.4 Å². The molecule has 3 amide bonds. The number of nitrogens with one attached hydrogen (secondary N) is 1. The van der Waals surface area contributed by atoms with Crippen LogP contribution < -0.4 is 10.1 Å². The van der Waals surface area contributed by atoms with Crippen LogP contribution in [0.3, 0.4) is 0 Å². The van der Waals surface area contributed by atoms with Gasteiger partial charge in [0.15, 0.2) is 6.61 Å². The van der Waals surface area contributed by atoms with Crippen LogP contribution in [-0.2, 0) is 23.9 Å². The van der Waals surface area contributed by atoms with Crippen molar-refractivity contribution in [2.24, 2.45) is 17.8 Å². The molecule has 3 aromatic rings. The third-order valence-corrected chi connectivity index (χ3v) is 8.65. The minimum absolute atomic E-state index is 0.277. The van der Waals surface area contributed by atoms with Crippen molar-refractivity contribution in [3.8, 4) is 5.75 Å². The Morgan fingerprint density at radius 1 is 0.878 bits per heavy atom. The van der Waals surface area contributed by atoms with E-state index in [2.05, 4.69) is 5.32 Å². The number of anilines is 1. The Hall–Kier alpha value is -4.17. The van der Waals surface area contributed by atoms with E-state index in [0.29, 0.717) is 16.5 Å². The van der Waals surface area contributed by atoms with Gasteiger partial charge in [0.2, 0.25) is 11.8 Å². The maximum Gasteiger partial charge on any atom is 0.330 e. The number of imide groups is 1. The summed E-state index contributed by atoms with van der Waals surface area (Å²) in [5.41, 5.74) is 4.54. The number of hydrogen-bond donors (Lipinski definition) is 1. The van der Waals surface area contributed by atoms with E-state index in [1.807, 2.05) is 48.5 Å². The first-order chi connectivity index (χ1) is 19.7. The summed E-state index contributed by atoms with van der Waals surface area (Å²) in [5.74, 6) is -3.98. The molecule has 0 saturated carbocycles. The summed E-state index contributed by atoms with van der Waals surface area (Å²) >= 11 is 6.04. The summed E-state index contributed by atoms with van der Waals surface area (Å²) in [5, 5.41) is 3.01. The summed E-state index contributed by atoms with van der Waals surface area (Å²) < 4.78 is 10.6. The van der Waals surface area contributed by atoms with Crippen LogP contribution in [0.25, 0.3) is 0 Å². The van der Waals surface area contributed by atoms with Gasteiger partial charge >= 0.3 is 5.97 Å². The average molecular weight is 573 g/mol. The molecule has 7 rings (SSSR count). The summed E-state index contributed by atoms with van der Waals surface area (Å²) in [4.78, 5) is 55.4. The highest BCUT2D eigenvalue weighted by molar-refractivity contribution is 6.31. The number of likely N-dealkylation sites (tertiary alicyclic amines) is 1. The van der Waals surface area contributed by atoms with E-state index in [1.54, 1.807) is 26.0 Å². The van der Waals surface area contributed by atoms with E-state index >= 15 is 0 Å². The van der Waals surface area contributed by atoms with Crippen LogP contribution in [0.5, 0.6) is 5.75 Å². The molecule has 0 radical (unpaired) electrons. The average Bonchev–Trinajstić information content (AvgIpc) is 3.22. The fourth-order valence-electron chi connectivity index (χ4n) is 6.84. The van der Waals surface area contributed by atoms with Gasteiger partial charge in [0, 0.05) is 16.9 Å². The van der Waals surface area contributed by atoms with Gasteiger partial charge in [0.05, 0.1) is 24.6 Å². The van der Waals surface area contributed by atoms with Crippen molar-refractivity contribution in [3.63, 3.8) is 0 Å². The first-order valence-electron chi connectivity index (χ1n) is 13.6. The van der Waals surface area contributed by atoms with E-state index < -0.39 is 42.3 Å². The van der Waals surface area contributed by atoms with Crippen LogP contribution in [-0.4, -0.2) is 48.3 Å². The van der Waals surface area contributed by atoms with Gasteiger partial charge in [0.1, 0.15) is 11.8 Å². The number of ether oxygens (including phenoxy) is 2. The highest BCUT2D eigenvalue weighted by Crippen LogP contribution is 2.61. The van der Waals surface area contributed by atoms with Crippen LogP contribution >= 0.6 is 11.6 Å². The van der Waals surface area contributed by atoms with Crippen molar-refractivity contribution >= 4 is 41.0 Å². The molecule has 4 aliphatic rings. The zero-order valence-corrected chi connectivity index (χ0v) is 23.6. The number of carbonyl (C=O) groups excluding carboxylic acids is 4. The summed E-state index contributed by atoms with van der Waals surface area (Å²) in [6, 6.07) is 19.5. The van der Waals surface area contributed by atoms with Crippen LogP contribution in [0.1, 0.15) is 47.9 Å². The third kappa shape index (κ3) is 4.28. The van der Waals surface area contributed by atoms with E-state index in [4.69, 9.17) is 21.1 Å². The van der Waals surface area contributed by atoms with Crippen LogP contribution in [0.15, 0.2) is 66.7 Å². The normalized spacial score (nSPS) is 22.6. The number of benzene rings is 3. The Kier molecular flexibility index (Phi) is 6.82. The highest BCUT2D eigenvalue weighted by Gasteiger charge is 2.63. The van der Waals surface area contributed by atoms with Gasteiger partial charge in [-0.3, -0.25) is 19.3 Å². The molecular weight excluding hydrogens is 544 g/mol. The summed E-state index contributed by atoms with van der Waals surface area (Å²) in [6.07, 6.45) is 0. The van der Waals surface area contributed by atoms with Crippen LogP contribution in [0, 0.1) is 17.8 Å². The van der Waals surface area contributed by atoms with E-state index in [9.17, 15) is 19.2 Å². The molecule has 1 saturated heterocycles. The van der Waals surface area contributed by atoms with Gasteiger partial charge in [-0.25, -0.2) is 4.79 Å². The number of rotatable bonds is 7. The SMILES string of the molecule is COc1ccc(Cl)cc1NC(=O)COC(=O)[C@H](C(C)C)N1C(=O)[C@@H]2C3c4ccccc4C(c4ccccc43)[C@@H]2C1=O. The maximum absolute atomic E-state index is 14.1. The Bertz CT molecular complexity index is 1470. The molecule has 3 aromatic carbocycles. The Labute approximate surface area is 242 Å². The molecule has 3 aliphatic carbocycles. The minimum atomic E-state index is -1.17. The molecule has 2 bridgehead atoms. The zero-order valence-electron chi connectivity index (χ0n) is 22.8. The number of esters is 1. The van der Waals surface area contributed by atoms with Crippen molar-refractivity contribution in [1.29, 1.82) is 0 Å². The predicted molar refractivity (Wildman–Crippen MR) is 152 cm³/mol. The predicted octanol–water partition coefficient (Wildman–Crippen LogP) is 4.75. The first-order valence-corrected chi connectivity index (χ1v) is 13.9. The topological polar surface area (TPSA) is 102 Å². The fourth-order valence-corrected chi connectivity index (χ4v) is 7.01. The van der Waals surface area contributed by atoms with Gasteiger partial charge in [0.25, 0.3) is 5.91 Å². The quantitative estimate of drug-likeness (QED) is 0.324. The van der Waals surface area contributed by atoms with Gasteiger partial charge < -0.3 is 14.8 Å². The molecule has 1 heterocycles. The van der Waals surface area contributed by atoms with E-state index in [-0.39, 0.29) is 23.7 Å². The lowest BCUT2D eigenvalue weighted by Crippen LogP contribution is -2.49. The molecule has 0 spiro atoms. The molecule has 41 heavy (non-hydrogen) atoms. The van der Waals surface area contributed by atoms with Crippen molar-refractivity contribution in [2.75, 3.05) is 19.0 Å². The Balaban J connectivity index is 1.25. The second-order valence-corrected chi connectivity index (χ2v) is 11.4. The summed E-state index contributed by atoms with van der Waals surface area (Å²) in [7, 11) is 1.46. The number of halogens is 1. The number of hydrogen-bond acceptors (Lipinski definition) is 6. The molecule has 0 unspecified atom stereocenters. The smallest absolute Gasteiger partial charge is 0.330 e. The zero-order chi connectivity index (χ0) is 29.0. The van der Waals surface area contributed by atoms with Gasteiger partial charge in [-0.2, -0.15) is 0 Å². The number of nitrogens with zero attached hydrogens (tertiary/aromatic N) is 1. The van der Waals surface area contributed by atoms with Crippen LogP contribution in [0.4, 0.5) is 5.69 Å². The molecule has 1 aliphatic heterocycles. The molecule has 1 fully saturated rings. The van der Waals surface area contributed by atoms with Gasteiger partial charge in [-0.15, -0.1) is 0 Å². The molecule has 8 nitrogen and oxygen atoms in total. The maximum atomic E-state index is 14.1. The molecule has 1 N–H and O–H groups in total. The monoisotopic (exact) mass is 572 g/mol. The first kappa shape index (κ1) is 27.0. The molecule has 9 heteroatoms. The molecule has 210 valence electrons.